The van der Waals surface area contributed by atoms with Crippen molar-refractivity contribution in [1.29, 1.82) is 0 Å². The fourth-order valence-electron chi connectivity index (χ4n) is 3.04. The summed E-state index contributed by atoms with van der Waals surface area (Å²) in [6.45, 7) is 2.44. The summed E-state index contributed by atoms with van der Waals surface area (Å²) in [7, 11) is 0. The molecule has 1 unspecified atom stereocenters. The maximum Gasteiger partial charge on any atom is 0.305 e. The molecule has 0 spiro atoms. The molecule has 0 bridgehead atoms. The predicted octanol–water partition coefficient (Wildman–Crippen LogP) is 3.58. The van der Waals surface area contributed by atoms with Crippen LogP contribution in [0.25, 0.3) is 11.0 Å². The molecule has 1 atom stereocenters. The van der Waals surface area contributed by atoms with Crippen molar-refractivity contribution in [2.45, 2.75) is 32.2 Å². The van der Waals surface area contributed by atoms with Gasteiger partial charge in [0.2, 0.25) is 0 Å². The molecule has 116 valence electrons. The van der Waals surface area contributed by atoms with Gasteiger partial charge in [0.25, 0.3) is 5.91 Å². The lowest BCUT2D eigenvalue weighted by Crippen LogP contribution is -2.36. The summed E-state index contributed by atoms with van der Waals surface area (Å²) in [5.41, 5.74) is 1.46. The predicted molar refractivity (Wildman–Crippen MR) is 85.0 cm³/mol. The molecular formula is C16H16BrNO4. The first-order chi connectivity index (χ1) is 10.5. The zero-order chi connectivity index (χ0) is 15.9. The molecule has 1 saturated heterocycles. The molecule has 2 heterocycles. The Hall–Kier alpha value is -1.82. The summed E-state index contributed by atoms with van der Waals surface area (Å²) in [5.74, 6) is -0.783. The minimum absolute atomic E-state index is 0.0173. The van der Waals surface area contributed by atoms with Crippen molar-refractivity contribution in [3.05, 3.63) is 34.0 Å². The zero-order valence-electron chi connectivity index (χ0n) is 12.1. The third-order valence-corrected chi connectivity index (χ3v) is 4.63. The number of amides is 1. The van der Waals surface area contributed by atoms with Gasteiger partial charge in [0.05, 0.1) is 6.42 Å². The smallest absolute Gasteiger partial charge is 0.305 e. The fraction of sp³-hybridized carbons (Fsp3) is 0.375. The van der Waals surface area contributed by atoms with Crippen LogP contribution in [0.2, 0.25) is 0 Å². The number of carboxylic acid groups (broad SMARTS) is 1. The molecule has 1 N–H and O–H groups in total. The molecule has 1 aromatic carbocycles. The Bertz CT molecular complexity index is 752. The van der Waals surface area contributed by atoms with E-state index in [1.165, 1.54) is 0 Å². The minimum atomic E-state index is -0.880. The van der Waals surface area contributed by atoms with E-state index in [9.17, 15) is 9.59 Å². The van der Waals surface area contributed by atoms with Gasteiger partial charge in [0.15, 0.2) is 5.76 Å². The summed E-state index contributed by atoms with van der Waals surface area (Å²) in [6, 6.07) is 5.36. The topological polar surface area (TPSA) is 70.8 Å². The molecule has 5 nitrogen and oxygen atoms in total. The molecule has 0 radical (unpaired) electrons. The van der Waals surface area contributed by atoms with Crippen molar-refractivity contribution in [1.82, 2.24) is 4.90 Å². The number of carbonyl (C=O) groups excluding carboxylic acids is 1. The Labute approximate surface area is 136 Å². The number of nitrogens with zero attached hydrogens (tertiary/aromatic N) is 1. The molecule has 1 fully saturated rings. The quantitative estimate of drug-likeness (QED) is 0.902. The molecule has 3 rings (SSSR count). The van der Waals surface area contributed by atoms with E-state index in [2.05, 4.69) is 15.9 Å². The lowest BCUT2D eigenvalue weighted by Gasteiger charge is -2.22. The van der Waals surface area contributed by atoms with E-state index in [1.54, 1.807) is 4.90 Å². The average molecular weight is 366 g/mol. The van der Waals surface area contributed by atoms with E-state index in [-0.39, 0.29) is 18.4 Å². The molecule has 2 aromatic rings. The van der Waals surface area contributed by atoms with Crippen LogP contribution in [0, 0.1) is 6.92 Å². The first-order valence-corrected chi connectivity index (χ1v) is 7.98. The number of carbonyl (C=O) groups is 2. The van der Waals surface area contributed by atoms with Crippen LogP contribution in [0.3, 0.4) is 0 Å². The number of halogens is 1. The maximum atomic E-state index is 12.7. The third-order valence-electron chi connectivity index (χ3n) is 4.14. The van der Waals surface area contributed by atoms with Crippen molar-refractivity contribution < 1.29 is 19.1 Å². The Balaban J connectivity index is 1.95. The van der Waals surface area contributed by atoms with Crippen LogP contribution in [0.4, 0.5) is 0 Å². The van der Waals surface area contributed by atoms with Crippen LogP contribution in [0.15, 0.2) is 27.1 Å². The van der Waals surface area contributed by atoms with Gasteiger partial charge in [0, 0.05) is 28.0 Å². The average Bonchev–Trinajstić information content (AvgIpc) is 3.03. The highest BCUT2D eigenvalue weighted by Crippen LogP contribution is 2.31. The monoisotopic (exact) mass is 365 g/mol. The standard InChI is InChI=1S/C16H16BrNO4/c1-9-12-7-10(17)4-5-13(12)22-15(9)16(21)18-6-2-3-11(18)8-14(19)20/h4-5,7,11H,2-3,6,8H2,1H3,(H,19,20). The second-order valence-corrected chi connectivity index (χ2v) is 6.50. The van der Waals surface area contributed by atoms with Gasteiger partial charge in [-0.05, 0) is 38.0 Å². The molecule has 22 heavy (non-hydrogen) atoms. The highest BCUT2D eigenvalue weighted by molar-refractivity contribution is 9.10. The van der Waals surface area contributed by atoms with Crippen LogP contribution in [-0.2, 0) is 4.79 Å². The maximum absolute atomic E-state index is 12.7. The molecule has 1 aliphatic heterocycles. The zero-order valence-corrected chi connectivity index (χ0v) is 13.7. The van der Waals surface area contributed by atoms with E-state index in [0.29, 0.717) is 17.9 Å². The Morgan fingerprint density at radius 2 is 2.23 bits per heavy atom. The van der Waals surface area contributed by atoms with Gasteiger partial charge in [-0.1, -0.05) is 15.9 Å². The molecule has 1 aromatic heterocycles. The number of benzene rings is 1. The van der Waals surface area contributed by atoms with Crippen LogP contribution in [0.1, 0.15) is 35.4 Å². The van der Waals surface area contributed by atoms with Crippen LogP contribution < -0.4 is 0 Å². The van der Waals surface area contributed by atoms with Gasteiger partial charge < -0.3 is 14.4 Å². The van der Waals surface area contributed by atoms with Crippen molar-refractivity contribution in [2.75, 3.05) is 6.54 Å². The fourth-order valence-corrected chi connectivity index (χ4v) is 3.41. The van der Waals surface area contributed by atoms with Gasteiger partial charge in [-0.25, -0.2) is 0 Å². The van der Waals surface area contributed by atoms with Crippen LogP contribution in [-0.4, -0.2) is 34.5 Å². The van der Waals surface area contributed by atoms with Crippen molar-refractivity contribution in [3.63, 3.8) is 0 Å². The second kappa shape index (κ2) is 5.76. The summed E-state index contributed by atoms with van der Waals surface area (Å²) in [4.78, 5) is 25.3. The second-order valence-electron chi connectivity index (χ2n) is 5.59. The highest BCUT2D eigenvalue weighted by atomic mass is 79.9. The van der Waals surface area contributed by atoms with Gasteiger partial charge in [-0.15, -0.1) is 0 Å². The molecule has 1 amide bonds. The number of carboxylic acids is 1. The van der Waals surface area contributed by atoms with E-state index >= 15 is 0 Å². The van der Waals surface area contributed by atoms with E-state index in [0.717, 1.165) is 28.3 Å². The Morgan fingerprint density at radius 1 is 1.45 bits per heavy atom. The SMILES string of the molecule is Cc1c(C(=O)N2CCCC2CC(=O)O)oc2ccc(Br)cc12. The number of aliphatic carboxylic acids is 1. The first kappa shape index (κ1) is 15.1. The van der Waals surface area contributed by atoms with Crippen LogP contribution in [0.5, 0.6) is 0 Å². The summed E-state index contributed by atoms with van der Waals surface area (Å²) in [5, 5.41) is 9.87. The summed E-state index contributed by atoms with van der Waals surface area (Å²) >= 11 is 3.41. The van der Waals surface area contributed by atoms with Crippen molar-refractivity contribution in [3.8, 4) is 0 Å². The van der Waals surface area contributed by atoms with E-state index in [4.69, 9.17) is 9.52 Å². The van der Waals surface area contributed by atoms with E-state index < -0.39 is 5.97 Å². The molecule has 0 saturated carbocycles. The van der Waals surface area contributed by atoms with Crippen molar-refractivity contribution >= 4 is 38.8 Å². The first-order valence-electron chi connectivity index (χ1n) is 7.19. The van der Waals surface area contributed by atoms with Gasteiger partial charge in [0.1, 0.15) is 5.58 Å². The van der Waals surface area contributed by atoms with Gasteiger partial charge in [-0.3, -0.25) is 9.59 Å². The summed E-state index contributed by atoms with van der Waals surface area (Å²) in [6.07, 6.45) is 1.54. The Kier molecular flexibility index (Phi) is 3.95. The molecular weight excluding hydrogens is 350 g/mol. The number of rotatable bonds is 3. The molecule has 0 aliphatic carbocycles. The van der Waals surface area contributed by atoms with Crippen molar-refractivity contribution in [2.24, 2.45) is 0 Å². The summed E-state index contributed by atoms with van der Waals surface area (Å²) < 4.78 is 6.65. The Morgan fingerprint density at radius 3 is 2.95 bits per heavy atom. The highest BCUT2D eigenvalue weighted by Gasteiger charge is 2.33. The normalized spacial score (nSPS) is 18.1. The largest absolute Gasteiger partial charge is 0.481 e. The van der Waals surface area contributed by atoms with E-state index in [1.807, 2.05) is 25.1 Å². The number of furan rings is 1. The number of aryl methyl sites for hydroxylation is 1. The minimum Gasteiger partial charge on any atom is -0.481 e. The van der Waals surface area contributed by atoms with Gasteiger partial charge in [-0.2, -0.15) is 0 Å². The number of likely N-dealkylation sites (tertiary alicyclic amines) is 1. The lowest BCUT2D eigenvalue weighted by molar-refractivity contribution is -0.137. The van der Waals surface area contributed by atoms with Crippen LogP contribution >= 0.6 is 15.9 Å². The van der Waals surface area contributed by atoms with Gasteiger partial charge >= 0.3 is 5.97 Å². The molecule has 6 heteroatoms. The number of hydrogen-bond acceptors (Lipinski definition) is 3. The lowest BCUT2D eigenvalue weighted by atomic mass is 10.1. The number of fused-ring (bicyclic) bond motifs is 1. The number of hydrogen-bond donors (Lipinski definition) is 1. The molecule has 1 aliphatic rings. The third kappa shape index (κ3) is 2.63.